The van der Waals surface area contributed by atoms with Crippen LogP contribution in [0.5, 0.6) is 0 Å². The van der Waals surface area contributed by atoms with Crippen LogP contribution >= 0.6 is 0 Å². The minimum absolute atomic E-state index is 0.210. The van der Waals surface area contributed by atoms with Crippen LogP contribution in [-0.4, -0.2) is 48.8 Å². The smallest absolute Gasteiger partial charge is 0.293 e. The lowest BCUT2D eigenvalue weighted by molar-refractivity contribution is -0.384. The molecule has 1 N–H and O–H groups in total. The van der Waals surface area contributed by atoms with E-state index >= 15 is 0 Å². The van der Waals surface area contributed by atoms with Gasteiger partial charge >= 0.3 is 0 Å². The highest BCUT2D eigenvalue weighted by molar-refractivity contribution is 7.88. The number of sulfonamides is 1. The highest BCUT2D eigenvalue weighted by Gasteiger charge is 2.27. The molecule has 1 aliphatic heterocycles. The van der Waals surface area contributed by atoms with Crippen LogP contribution in [0.15, 0.2) is 48.5 Å². The van der Waals surface area contributed by atoms with E-state index in [-0.39, 0.29) is 35.3 Å². The van der Waals surface area contributed by atoms with Gasteiger partial charge in [0, 0.05) is 36.3 Å². The molecule has 28 heavy (non-hydrogen) atoms. The highest BCUT2D eigenvalue weighted by atomic mass is 32.2. The maximum absolute atomic E-state index is 12.6. The number of piperidine rings is 1. The van der Waals surface area contributed by atoms with Crippen molar-refractivity contribution in [3.05, 3.63) is 69.8 Å². The molecular formula is C19H21N3O5S. The van der Waals surface area contributed by atoms with Gasteiger partial charge in [-0.3, -0.25) is 14.9 Å². The number of hydrogen-bond donors (Lipinski definition) is 1. The van der Waals surface area contributed by atoms with Gasteiger partial charge in [0.2, 0.25) is 10.0 Å². The summed E-state index contributed by atoms with van der Waals surface area (Å²) in [4.78, 5) is 23.6. The number of nitrogens with one attached hydrogen (secondary N) is 1. The Morgan fingerprint density at radius 2 is 1.89 bits per heavy atom. The Bertz CT molecular complexity index is 992. The SMILES string of the molecule is CS(=O)(=O)N1CCCC(Nc2ccc(C(=O)c3ccccc3)cc2[N+](=O)[O-])C1. The van der Waals surface area contributed by atoms with Gasteiger partial charge in [-0.25, -0.2) is 12.7 Å². The van der Waals surface area contributed by atoms with Crippen molar-refractivity contribution in [2.75, 3.05) is 24.7 Å². The summed E-state index contributed by atoms with van der Waals surface area (Å²) in [6.07, 6.45) is 2.53. The zero-order valence-corrected chi connectivity index (χ0v) is 16.2. The molecule has 9 heteroatoms. The molecule has 1 saturated heterocycles. The molecular weight excluding hydrogens is 382 g/mol. The third kappa shape index (κ3) is 4.55. The number of ketones is 1. The monoisotopic (exact) mass is 403 g/mol. The third-order valence-corrected chi connectivity index (χ3v) is 5.98. The molecule has 3 rings (SSSR count). The lowest BCUT2D eigenvalue weighted by atomic mass is 10.0. The fourth-order valence-corrected chi connectivity index (χ4v) is 4.20. The van der Waals surface area contributed by atoms with Gasteiger partial charge in [0.15, 0.2) is 5.78 Å². The van der Waals surface area contributed by atoms with Crippen molar-refractivity contribution in [1.29, 1.82) is 0 Å². The topological polar surface area (TPSA) is 110 Å². The van der Waals surface area contributed by atoms with Crippen molar-refractivity contribution in [3.8, 4) is 0 Å². The summed E-state index contributed by atoms with van der Waals surface area (Å²) in [6, 6.07) is 12.6. The normalized spacial score (nSPS) is 17.8. The second kappa shape index (κ2) is 8.07. The Morgan fingerprint density at radius 1 is 1.18 bits per heavy atom. The van der Waals surface area contributed by atoms with Gasteiger partial charge in [0.1, 0.15) is 5.69 Å². The van der Waals surface area contributed by atoms with E-state index in [1.807, 2.05) is 0 Å². The maximum Gasteiger partial charge on any atom is 0.293 e. The van der Waals surface area contributed by atoms with Gasteiger partial charge in [-0.15, -0.1) is 0 Å². The molecule has 0 radical (unpaired) electrons. The van der Waals surface area contributed by atoms with Gasteiger partial charge in [-0.05, 0) is 25.0 Å². The molecule has 0 bridgehead atoms. The Kier molecular flexibility index (Phi) is 5.76. The number of nitro groups is 1. The van der Waals surface area contributed by atoms with E-state index in [9.17, 15) is 23.3 Å². The first-order valence-electron chi connectivity index (χ1n) is 8.85. The molecule has 1 heterocycles. The number of hydrogen-bond acceptors (Lipinski definition) is 6. The summed E-state index contributed by atoms with van der Waals surface area (Å²) in [7, 11) is -3.31. The van der Waals surface area contributed by atoms with Crippen molar-refractivity contribution >= 4 is 27.2 Å². The summed E-state index contributed by atoms with van der Waals surface area (Å²) < 4.78 is 24.9. The Labute approximate surface area is 163 Å². The average Bonchev–Trinajstić information content (AvgIpc) is 2.68. The molecule has 1 unspecified atom stereocenters. The largest absolute Gasteiger partial charge is 0.375 e. The minimum atomic E-state index is -3.31. The van der Waals surface area contributed by atoms with Crippen molar-refractivity contribution in [1.82, 2.24) is 4.31 Å². The highest BCUT2D eigenvalue weighted by Crippen LogP contribution is 2.29. The van der Waals surface area contributed by atoms with Gasteiger partial charge in [0.05, 0.1) is 11.2 Å². The van der Waals surface area contributed by atoms with Crippen LogP contribution in [0.4, 0.5) is 11.4 Å². The van der Waals surface area contributed by atoms with Crippen molar-refractivity contribution in [2.24, 2.45) is 0 Å². The summed E-state index contributed by atoms with van der Waals surface area (Å²) in [5.41, 5.74) is 0.742. The summed E-state index contributed by atoms with van der Waals surface area (Å²) in [6.45, 7) is 0.699. The van der Waals surface area contributed by atoms with Crippen LogP contribution in [0.1, 0.15) is 28.8 Å². The first-order chi connectivity index (χ1) is 13.3. The van der Waals surface area contributed by atoms with Crippen LogP contribution in [0.3, 0.4) is 0 Å². The lowest BCUT2D eigenvalue weighted by Crippen LogP contribution is -2.44. The van der Waals surface area contributed by atoms with Crippen LogP contribution in [0, 0.1) is 10.1 Å². The van der Waals surface area contributed by atoms with E-state index in [1.165, 1.54) is 16.4 Å². The van der Waals surface area contributed by atoms with Crippen LogP contribution in [0.25, 0.3) is 0 Å². The van der Waals surface area contributed by atoms with Gasteiger partial charge in [0.25, 0.3) is 5.69 Å². The molecule has 148 valence electrons. The Hall–Kier alpha value is -2.78. The molecule has 2 aromatic rings. The molecule has 0 saturated carbocycles. The molecule has 0 aliphatic carbocycles. The fourth-order valence-electron chi connectivity index (χ4n) is 3.28. The number of carbonyl (C=O) groups is 1. The molecule has 1 atom stereocenters. The number of rotatable bonds is 6. The second-order valence-electron chi connectivity index (χ2n) is 6.79. The fraction of sp³-hybridized carbons (Fsp3) is 0.316. The number of nitrogens with zero attached hydrogens (tertiary/aromatic N) is 2. The predicted octanol–water partition coefficient (Wildman–Crippen LogP) is 2.66. The van der Waals surface area contributed by atoms with Crippen molar-refractivity contribution in [3.63, 3.8) is 0 Å². The number of carbonyl (C=O) groups excluding carboxylic acids is 1. The molecule has 1 aliphatic rings. The van der Waals surface area contributed by atoms with E-state index < -0.39 is 14.9 Å². The quantitative estimate of drug-likeness (QED) is 0.451. The Balaban J connectivity index is 1.84. The van der Waals surface area contributed by atoms with E-state index in [1.54, 1.807) is 36.4 Å². The molecule has 0 spiro atoms. The van der Waals surface area contributed by atoms with Crippen LogP contribution in [0.2, 0.25) is 0 Å². The molecule has 0 aromatic heterocycles. The summed E-state index contributed by atoms with van der Waals surface area (Å²) in [5.74, 6) is -0.295. The average molecular weight is 403 g/mol. The zero-order chi connectivity index (χ0) is 20.3. The van der Waals surface area contributed by atoms with Crippen LogP contribution in [-0.2, 0) is 10.0 Å². The number of anilines is 1. The van der Waals surface area contributed by atoms with Gasteiger partial charge in [-0.1, -0.05) is 30.3 Å². The number of benzene rings is 2. The van der Waals surface area contributed by atoms with E-state index in [0.29, 0.717) is 24.9 Å². The predicted molar refractivity (Wildman–Crippen MR) is 106 cm³/mol. The standard InChI is InChI=1S/C19H21N3O5S/c1-28(26,27)21-11-5-8-16(13-21)20-17-10-9-15(12-18(17)22(24)25)19(23)14-6-3-2-4-7-14/h2-4,6-7,9-10,12,16,20H,5,8,11,13H2,1H3. The summed E-state index contributed by atoms with van der Waals surface area (Å²) in [5, 5.41) is 14.6. The summed E-state index contributed by atoms with van der Waals surface area (Å²) >= 11 is 0. The zero-order valence-electron chi connectivity index (χ0n) is 15.4. The number of nitro benzene ring substituents is 1. The molecule has 8 nitrogen and oxygen atoms in total. The Morgan fingerprint density at radius 3 is 2.54 bits per heavy atom. The lowest BCUT2D eigenvalue weighted by Gasteiger charge is -2.31. The molecule has 2 aromatic carbocycles. The van der Waals surface area contributed by atoms with Gasteiger partial charge in [-0.2, -0.15) is 0 Å². The van der Waals surface area contributed by atoms with E-state index in [0.717, 1.165) is 6.26 Å². The van der Waals surface area contributed by atoms with Gasteiger partial charge < -0.3 is 5.32 Å². The first kappa shape index (κ1) is 20.0. The van der Waals surface area contributed by atoms with Crippen molar-refractivity contribution in [2.45, 2.75) is 18.9 Å². The molecule has 0 amide bonds. The van der Waals surface area contributed by atoms with Crippen molar-refractivity contribution < 1.29 is 18.1 Å². The van der Waals surface area contributed by atoms with E-state index in [4.69, 9.17) is 0 Å². The maximum atomic E-state index is 12.6. The molecule has 1 fully saturated rings. The minimum Gasteiger partial charge on any atom is -0.375 e. The first-order valence-corrected chi connectivity index (χ1v) is 10.7. The third-order valence-electron chi connectivity index (χ3n) is 4.71. The van der Waals surface area contributed by atoms with Crippen LogP contribution < -0.4 is 5.32 Å². The second-order valence-corrected chi connectivity index (χ2v) is 8.77. The van der Waals surface area contributed by atoms with E-state index in [2.05, 4.69) is 5.32 Å².